The standard InChI is InChI=1S/C35H55N7O10/c1-9-11-22(26(43)31(47)37-20-14-15-20)38-30(46)25-21-13-10-12-19(21)17-42(25)32(48)27(35(4,5)6)41-29(45)24(18(2)3)40-28(44)23(39-34(50)52-8)16-36-33(49)51-7/h19-25,27H,2,9-17H2,1,3-8H3,(H,36,49)(H,37,47)(H,38,46)(H,39,50)(H,40,44)(H,41,45)/t19-,21-,22-,23-,24-,25-,27+/m0/s1. The monoisotopic (exact) mass is 733 g/mol. The van der Waals surface area contributed by atoms with Crippen LogP contribution in [-0.4, -0.2) is 116 Å². The second-order valence-corrected chi connectivity index (χ2v) is 14.9. The fourth-order valence-electron chi connectivity index (χ4n) is 6.69. The van der Waals surface area contributed by atoms with Gasteiger partial charge in [0.25, 0.3) is 5.91 Å². The molecule has 2 saturated carbocycles. The second-order valence-electron chi connectivity index (χ2n) is 14.9. The maximum Gasteiger partial charge on any atom is 0.407 e. The largest absolute Gasteiger partial charge is 0.453 e. The zero-order valence-corrected chi connectivity index (χ0v) is 31.2. The van der Waals surface area contributed by atoms with Gasteiger partial charge in [0.15, 0.2) is 0 Å². The number of hydrogen-bond acceptors (Lipinski definition) is 10. The smallest absolute Gasteiger partial charge is 0.407 e. The van der Waals surface area contributed by atoms with Crippen molar-refractivity contribution in [3.8, 4) is 0 Å². The van der Waals surface area contributed by atoms with E-state index in [0.29, 0.717) is 12.8 Å². The van der Waals surface area contributed by atoms with Gasteiger partial charge in [-0.2, -0.15) is 0 Å². The molecule has 1 aliphatic heterocycles. The first-order valence-corrected chi connectivity index (χ1v) is 17.8. The molecule has 1 heterocycles. The summed E-state index contributed by atoms with van der Waals surface area (Å²) in [5.74, 6) is -4.27. The van der Waals surface area contributed by atoms with Crippen LogP contribution >= 0.6 is 0 Å². The lowest BCUT2D eigenvalue weighted by Crippen LogP contribution is -2.62. The highest BCUT2D eigenvalue weighted by Gasteiger charge is 2.52. The summed E-state index contributed by atoms with van der Waals surface area (Å²) in [6, 6.07) is -5.93. The molecule has 7 amide bonds. The molecule has 0 spiro atoms. The van der Waals surface area contributed by atoms with Gasteiger partial charge in [0, 0.05) is 12.6 Å². The highest BCUT2D eigenvalue weighted by atomic mass is 16.5. The molecule has 3 rings (SSSR count). The number of carbonyl (C=O) groups is 8. The van der Waals surface area contributed by atoms with E-state index in [-0.39, 0.29) is 36.4 Å². The van der Waals surface area contributed by atoms with E-state index in [1.165, 1.54) is 11.8 Å². The van der Waals surface area contributed by atoms with E-state index in [2.05, 4.69) is 48.0 Å². The van der Waals surface area contributed by atoms with Crippen LogP contribution in [0.25, 0.3) is 0 Å². The van der Waals surface area contributed by atoms with Crippen LogP contribution in [0.5, 0.6) is 0 Å². The molecule has 17 nitrogen and oxygen atoms in total. The zero-order chi connectivity index (χ0) is 38.9. The van der Waals surface area contributed by atoms with Crippen LogP contribution in [0.2, 0.25) is 0 Å². The average Bonchev–Trinajstić information content (AvgIpc) is 3.65. The maximum absolute atomic E-state index is 14.5. The van der Waals surface area contributed by atoms with E-state index in [1.54, 1.807) is 20.8 Å². The van der Waals surface area contributed by atoms with Crippen molar-refractivity contribution in [3.63, 3.8) is 0 Å². The van der Waals surface area contributed by atoms with E-state index in [9.17, 15) is 38.4 Å². The van der Waals surface area contributed by atoms with E-state index >= 15 is 0 Å². The van der Waals surface area contributed by atoms with Gasteiger partial charge in [-0.1, -0.05) is 47.1 Å². The molecule has 6 N–H and O–H groups in total. The van der Waals surface area contributed by atoms with E-state index in [4.69, 9.17) is 0 Å². The Balaban J connectivity index is 1.83. The van der Waals surface area contributed by atoms with Gasteiger partial charge in [0.05, 0.1) is 26.8 Å². The Labute approximate surface area is 304 Å². The highest BCUT2D eigenvalue weighted by Crippen LogP contribution is 2.43. The fourth-order valence-corrected chi connectivity index (χ4v) is 6.69. The van der Waals surface area contributed by atoms with Crippen molar-refractivity contribution < 1.29 is 47.8 Å². The highest BCUT2D eigenvalue weighted by molar-refractivity contribution is 6.38. The zero-order valence-electron chi connectivity index (χ0n) is 31.2. The quantitative estimate of drug-likeness (QED) is 0.0946. The number of methoxy groups -OCH3 is 2. The SMILES string of the molecule is C=C(C)[C@H](NC(=O)[C@H](CNC(=O)OC)NC(=O)OC)C(=O)N[C@H](C(=O)N1C[C@@H]2CCC[C@@H]2[C@H]1C(=O)N[C@@H](CCC)C(=O)C(=O)NC1CC1)C(C)(C)C. The molecule has 3 fully saturated rings. The number of carbonyl (C=O) groups excluding carboxylic acids is 8. The van der Waals surface area contributed by atoms with Gasteiger partial charge in [0.1, 0.15) is 24.2 Å². The summed E-state index contributed by atoms with van der Waals surface area (Å²) in [7, 11) is 2.21. The first-order chi connectivity index (χ1) is 24.4. The molecule has 0 aromatic carbocycles. The molecular weight excluding hydrogens is 678 g/mol. The summed E-state index contributed by atoms with van der Waals surface area (Å²) in [5.41, 5.74) is -0.676. The summed E-state index contributed by atoms with van der Waals surface area (Å²) >= 11 is 0. The van der Waals surface area contributed by atoms with Crippen LogP contribution in [-0.2, 0) is 38.2 Å². The minimum atomic E-state index is -1.38. The minimum Gasteiger partial charge on any atom is -0.453 e. The van der Waals surface area contributed by atoms with E-state index < -0.39 is 89.7 Å². The number of nitrogens with zero attached hydrogens (tertiary/aromatic N) is 1. The van der Waals surface area contributed by atoms with Gasteiger partial charge >= 0.3 is 12.2 Å². The first kappa shape index (κ1) is 41.7. The van der Waals surface area contributed by atoms with Gasteiger partial charge in [-0.3, -0.25) is 28.8 Å². The number of fused-ring (bicyclic) bond motifs is 1. The van der Waals surface area contributed by atoms with Crippen molar-refractivity contribution in [2.24, 2.45) is 17.3 Å². The summed E-state index contributed by atoms with van der Waals surface area (Å²) in [6.07, 6.45) is 2.94. The molecule has 2 aliphatic carbocycles. The molecule has 17 heteroatoms. The number of likely N-dealkylation sites (tertiary alicyclic amines) is 1. The predicted molar refractivity (Wildman–Crippen MR) is 187 cm³/mol. The number of nitrogens with one attached hydrogen (secondary N) is 6. The lowest BCUT2D eigenvalue weighted by Gasteiger charge is -2.37. The molecule has 0 aromatic heterocycles. The Hall–Kier alpha value is -4.70. The lowest BCUT2D eigenvalue weighted by molar-refractivity contribution is -0.146. The van der Waals surface area contributed by atoms with Crippen molar-refractivity contribution in [2.45, 2.75) is 116 Å². The topological polar surface area (TPSA) is 230 Å². The third-order valence-electron chi connectivity index (χ3n) is 9.66. The van der Waals surface area contributed by atoms with Crippen molar-refractivity contribution in [3.05, 3.63) is 12.2 Å². The Morgan fingerprint density at radius 3 is 2.06 bits per heavy atom. The lowest BCUT2D eigenvalue weighted by atomic mass is 9.85. The Morgan fingerprint density at radius 2 is 1.50 bits per heavy atom. The molecule has 52 heavy (non-hydrogen) atoms. The van der Waals surface area contributed by atoms with Crippen LogP contribution in [0.1, 0.15) is 79.6 Å². The van der Waals surface area contributed by atoms with Gasteiger partial charge in [-0.15, -0.1) is 0 Å². The fraction of sp³-hybridized carbons (Fsp3) is 0.714. The second kappa shape index (κ2) is 18.2. The molecule has 3 aliphatic rings. The number of rotatable bonds is 16. The van der Waals surface area contributed by atoms with Crippen molar-refractivity contribution >= 4 is 47.5 Å². The average molecular weight is 734 g/mol. The molecule has 0 radical (unpaired) electrons. The minimum absolute atomic E-state index is 0.0273. The van der Waals surface area contributed by atoms with Crippen LogP contribution in [0, 0.1) is 17.3 Å². The van der Waals surface area contributed by atoms with Gasteiger partial charge < -0.3 is 46.3 Å². The Kier molecular flexibility index (Phi) is 14.6. The van der Waals surface area contributed by atoms with Crippen molar-refractivity contribution in [2.75, 3.05) is 27.3 Å². The van der Waals surface area contributed by atoms with E-state index in [0.717, 1.165) is 39.9 Å². The Morgan fingerprint density at radius 1 is 0.846 bits per heavy atom. The molecule has 0 aromatic rings. The number of ether oxygens (including phenoxy) is 2. The van der Waals surface area contributed by atoms with Gasteiger partial charge in [0.2, 0.25) is 29.4 Å². The molecule has 1 saturated heterocycles. The number of alkyl carbamates (subject to hydrolysis) is 2. The summed E-state index contributed by atoms with van der Waals surface area (Å²) in [6.45, 7) is 12.3. The number of Topliss-reactive ketones (excluding diaryl/α,β-unsaturated/α-hetero) is 1. The third-order valence-corrected chi connectivity index (χ3v) is 9.66. The molecule has 7 atom stereocenters. The van der Waals surface area contributed by atoms with E-state index in [1.807, 2.05) is 6.92 Å². The van der Waals surface area contributed by atoms with Crippen molar-refractivity contribution in [1.82, 2.24) is 36.8 Å². The summed E-state index contributed by atoms with van der Waals surface area (Å²) in [4.78, 5) is 106. The molecular formula is C35H55N7O10. The van der Waals surface area contributed by atoms with Gasteiger partial charge in [-0.05, 0) is 61.9 Å². The number of ketones is 1. The first-order valence-electron chi connectivity index (χ1n) is 17.8. The van der Waals surface area contributed by atoms with Crippen molar-refractivity contribution in [1.29, 1.82) is 0 Å². The Bertz CT molecular complexity index is 1410. The molecule has 0 unspecified atom stereocenters. The van der Waals surface area contributed by atoms with Crippen LogP contribution in [0.3, 0.4) is 0 Å². The van der Waals surface area contributed by atoms with Crippen LogP contribution in [0.4, 0.5) is 9.59 Å². The number of amides is 7. The maximum atomic E-state index is 14.5. The third kappa shape index (κ3) is 10.9. The molecule has 0 bridgehead atoms. The summed E-state index contributed by atoms with van der Waals surface area (Å²) < 4.78 is 9.10. The predicted octanol–water partition coefficient (Wildman–Crippen LogP) is 0.419. The number of hydrogen-bond donors (Lipinski definition) is 6. The molecule has 290 valence electrons. The normalized spacial score (nSPS) is 21.6. The van der Waals surface area contributed by atoms with Gasteiger partial charge in [-0.25, -0.2) is 9.59 Å². The van der Waals surface area contributed by atoms with Crippen LogP contribution < -0.4 is 31.9 Å². The van der Waals surface area contributed by atoms with Crippen LogP contribution in [0.15, 0.2) is 12.2 Å². The summed E-state index contributed by atoms with van der Waals surface area (Å²) in [5, 5.41) is 15.3.